The van der Waals surface area contributed by atoms with Crippen LogP contribution in [0.1, 0.15) is 11.1 Å². The van der Waals surface area contributed by atoms with Crippen molar-refractivity contribution in [2.45, 2.75) is 13.5 Å². The summed E-state index contributed by atoms with van der Waals surface area (Å²) in [5.74, 6) is -1.23. The van der Waals surface area contributed by atoms with Crippen LogP contribution in [0.3, 0.4) is 0 Å². The predicted molar refractivity (Wildman–Crippen MR) is 98.4 cm³/mol. The van der Waals surface area contributed by atoms with Gasteiger partial charge in [-0.3, -0.25) is 14.1 Å². The van der Waals surface area contributed by atoms with E-state index in [0.29, 0.717) is 23.3 Å². The maximum absolute atomic E-state index is 14.5. The Labute approximate surface area is 153 Å². The number of halogens is 2. The van der Waals surface area contributed by atoms with Gasteiger partial charge in [0.1, 0.15) is 11.6 Å². The molecule has 0 saturated carbocycles. The van der Waals surface area contributed by atoms with Gasteiger partial charge in [-0.1, -0.05) is 6.07 Å². The summed E-state index contributed by atoms with van der Waals surface area (Å²) in [5, 5.41) is 0. The molecule has 0 spiro atoms. The molecule has 0 bridgehead atoms. The summed E-state index contributed by atoms with van der Waals surface area (Å²) in [6.45, 7) is 1.71. The minimum atomic E-state index is -0.631. The van der Waals surface area contributed by atoms with Crippen molar-refractivity contribution in [3.05, 3.63) is 82.2 Å². The van der Waals surface area contributed by atoms with Crippen molar-refractivity contribution in [1.82, 2.24) is 19.1 Å². The van der Waals surface area contributed by atoms with Crippen molar-refractivity contribution in [1.29, 1.82) is 0 Å². The van der Waals surface area contributed by atoms with Gasteiger partial charge in [0.25, 0.3) is 0 Å². The highest BCUT2D eigenvalue weighted by molar-refractivity contribution is 5.79. The molecule has 0 saturated heterocycles. The van der Waals surface area contributed by atoms with Crippen LogP contribution in [0.2, 0.25) is 0 Å². The summed E-state index contributed by atoms with van der Waals surface area (Å²) < 4.78 is 31.1. The Balaban J connectivity index is 1.91. The highest BCUT2D eigenvalue weighted by Crippen LogP contribution is 2.28. The minimum Gasteiger partial charge on any atom is -0.286 e. The highest BCUT2D eigenvalue weighted by atomic mass is 19.1. The molecule has 0 amide bonds. The van der Waals surface area contributed by atoms with E-state index in [4.69, 9.17) is 0 Å². The fourth-order valence-corrected chi connectivity index (χ4v) is 3.14. The molecule has 1 aromatic carbocycles. The molecule has 3 heterocycles. The first-order chi connectivity index (χ1) is 13.0. The largest absolute Gasteiger partial charge is 0.330 e. The van der Waals surface area contributed by atoms with Crippen molar-refractivity contribution in [2.24, 2.45) is 7.05 Å². The number of hydrogen-bond acceptors (Lipinski definition) is 3. The molecule has 0 aliphatic rings. The topological polar surface area (TPSA) is 52.7 Å². The van der Waals surface area contributed by atoms with Crippen LogP contribution in [0.4, 0.5) is 8.78 Å². The second kappa shape index (κ2) is 6.42. The Morgan fingerprint density at radius 3 is 2.70 bits per heavy atom. The summed E-state index contributed by atoms with van der Waals surface area (Å²) in [6.07, 6.45) is 4.84. The molecular weight excluding hydrogens is 350 g/mol. The first kappa shape index (κ1) is 17.1. The summed E-state index contributed by atoms with van der Waals surface area (Å²) in [4.78, 5) is 21.1. The number of hydrogen-bond donors (Lipinski definition) is 0. The van der Waals surface area contributed by atoms with E-state index in [0.717, 1.165) is 5.56 Å². The van der Waals surface area contributed by atoms with E-state index < -0.39 is 11.6 Å². The standard InChI is InChI=1S/C20H16F2N4O/c1-12-16(21)6-5-15(18(12)22)14-8-17-19(24-10-14)25(2)20(27)26(17)11-13-4-3-7-23-9-13/h3-10H,11H2,1-2H3. The van der Waals surface area contributed by atoms with Crippen LogP contribution in [-0.2, 0) is 13.6 Å². The number of nitrogens with zero attached hydrogens (tertiary/aromatic N) is 4. The molecule has 0 N–H and O–H groups in total. The number of aromatic nitrogens is 4. The number of fused-ring (bicyclic) bond motifs is 1. The lowest BCUT2D eigenvalue weighted by Gasteiger charge is -2.08. The van der Waals surface area contributed by atoms with Gasteiger partial charge in [-0.15, -0.1) is 0 Å². The molecule has 0 unspecified atom stereocenters. The second-order valence-corrected chi connectivity index (χ2v) is 6.39. The van der Waals surface area contributed by atoms with E-state index in [2.05, 4.69) is 9.97 Å². The monoisotopic (exact) mass is 366 g/mol. The van der Waals surface area contributed by atoms with Crippen LogP contribution in [0.5, 0.6) is 0 Å². The third-order valence-electron chi connectivity index (χ3n) is 4.67. The van der Waals surface area contributed by atoms with Gasteiger partial charge in [0, 0.05) is 42.3 Å². The Kier molecular flexibility index (Phi) is 4.07. The van der Waals surface area contributed by atoms with Crippen LogP contribution in [0.15, 0.2) is 53.7 Å². The zero-order chi connectivity index (χ0) is 19.1. The number of pyridine rings is 2. The molecule has 136 valence electrons. The fraction of sp³-hybridized carbons (Fsp3) is 0.150. The van der Waals surface area contributed by atoms with Gasteiger partial charge in [0.05, 0.1) is 12.1 Å². The zero-order valence-electron chi connectivity index (χ0n) is 14.8. The van der Waals surface area contributed by atoms with Gasteiger partial charge in [-0.25, -0.2) is 18.6 Å². The average Bonchev–Trinajstić information content (AvgIpc) is 2.91. The van der Waals surface area contributed by atoms with Gasteiger partial charge in [-0.2, -0.15) is 0 Å². The molecule has 0 fully saturated rings. The first-order valence-electron chi connectivity index (χ1n) is 8.36. The molecule has 7 heteroatoms. The maximum Gasteiger partial charge on any atom is 0.330 e. The van der Waals surface area contributed by atoms with E-state index in [1.165, 1.54) is 29.8 Å². The van der Waals surface area contributed by atoms with Gasteiger partial charge in [0.2, 0.25) is 0 Å². The van der Waals surface area contributed by atoms with E-state index in [1.54, 1.807) is 36.1 Å². The second-order valence-electron chi connectivity index (χ2n) is 6.39. The highest BCUT2D eigenvalue weighted by Gasteiger charge is 2.16. The molecule has 0 atom stereocenters. The molecule has 0 aliphatic heterocycles. The lowest BCUT2D eigenvalue weighted by molar-refractivity contribution is 0.570. The quantitative estimate of drug-likeness (QED) is 0.558. The van der Waals surface area contributed by atoms with E-state index in [1.807, 2.05) is 6.07 Å². The third-order valence-corrected chi connectivity index (χ3v) is 4.67. The van der Waals surface area contributed by atoms with Crippen LogP contribution >= 0.6 is 0 Å². The summed E-state index contributed by atoms with van der Waals surface area (Å²) >= 11 is 0. The molecule has 0 radical (unpaired) electrons. The molecule has 0 aliphatic carbocycles. The van der Waals surface area contributed by atoms with Crippen LogP contribution in [-0.4, -0.2) is 19.1 Å². The maximum atomic E-state index is 14.5. The van der Waals surface area contributed by atoms with Crippen molar-refractivity contribution in [3.8, 4) is 11.1 Å². The van der Waals surface area contributed by atoms with Crippen LogP contribution in [0.25, 0.3) is 22.3 Å². The fourth-order valence-electron chi connectivity index (χ4n) is 3.14. The Bertz CT molecular complexity index is 1210. The number of benzene rings is 1. The van der Waals surface area contributed by atoms with E-state index in [-0.39, 0.29) is 16.8 Å². The number of rotatable bonds is 3. The zero-order valence-corrected chi connectivity index (χ0v) is 14.8. The Hall–Kier alpha value is -3.35. The van der Waals surface area contributed by atoms with Crippen molar-refractivity contribution in [3.63, 3.8) is 0 Å². The smallest absolute Gasteiger partial charge is 0.286 e. The Morgan fingerprint density at radius 2 is 1.96 bits per heavy atom. The first-order valence-corrected chi connectivity index (χ1v) is 8.36. The van der Waals surface area contributed by atoms with E-state index >= 15 is 0 Å². The molecule has 4 rings (SSSR count). The van der Waals surface area contributed by atoms with Crippen molar-refractivity contribution >= 4 is 11.2 Å². The normalized spacial score (nSPS) is 11.3. The molecule has 5 nitrogen and oxygen atoms in total. The molecule has 27 heavy (non-hydrogen) atoms. The Morgan fingerprint density at radius 1 is 1.15 bits per heavy atom. The van der Waals surface area contributed by atoms with Crippen molar-refractivity contribution < 1.29 is 8.78 Å². The third kappa shape index (κ3) is 2.81. The number of aryl methyl sites for hydroxylation is 1. The summed E-state index contributed by atoms with van der Waals surface area (Å²) in [7, 11) is 1.64. The molecular formula is C20H16F2N4O. The van der Waals surface area contributed by atoms with Gasteiger partial charge < -0.3 is 0 Å². The lowest BCUT2D eigenvalue weighted by atomic mass is 10.0. The van der Waals surface area contributed by atoms with Gasteiger partial charge >= 0.3 is 5.69 Å². The average molecular weight is 366 g/mol. The van der Waals surface area contributed by atoms with Crippen LogP contribution in [0, 0.1) is 18.6 Å². The van der Waals surface area contributed by atoms with Gasteiger partial charge in [0.15, 0.2) is 5.65 Å². The van der Waals surface area contributed by atoms with Crippen LogP contribution < -0.4 is 5.69 Å². The molecule has 3 aromatic heterocycles. The number of imidazole rings is 1. The SMILES string of the molecule is Cc1c(F)ccc(-c2cnc3c(c2)n(Cc2cccnc2)c(=O)n3C)c1F. The summed E-state index contributed by atoms with van der Waals surface area (Å²) in [6, 6.07) is 7.99. The summed E-state index contributed by atoms with van der Waals surface area (Å²) in [5.41, 5.74) is 2.38. The van der Waals surface area contributed by atoms with Crippen molar-refractivity contribution in [2.75, 3.05) is 0 Å². The predicted octanol–water partition coefficient (Wildman–Crippen LogP) is 3.43. The van der Waals surface area contributed by atoms with E-state index in [9.17, 15) is 13.6 Å². The lowest BCUT2D eigenvalue weighted by Crippen LogP contribution is -2.22. The van der Waals surface area contributed by atoms with Gasteiger partial charge in [-0.05, 0) is 36.8 Å². The minimum absolute atomic E-state index is 0.0478. The molecule has 4 aromatic rings.